The zero-order chi connectivity index (χ0) is 13.1. The van der Waals surface area contributed by atoms with Gasteiger partial charge in [-0.15, -0.1) is 17.5 Å². The Morgan fingerprint density at radius 1 is 1.05 bits per heavy atom. The summed E-state index contributed by atoms with van der Waals surface area (Å²) >= 11 is 0. The van der Waals surface area contributed by atoms with Gasteiger partial charge in [0.15, 0.2) is 0 Å². The summed E-state index contributed by atoms with van der Waals surface area (Å²) in [6.45, 7) is 0.389. The molecule has 4 heteroatoms. The monoisotopic (exact) mass is 350 g/mol. The first-order valence-corrected chi connectivity index (χ1v) is 6.08. The Morgan fingerprint density at radius 3 is 2.55 bits per heavy atom. The minimum Gasteiger partial charge on any atom is -0.513 e. The van der Waals surface area contributed by atoms with Crippen molar-refractivity contribution in [2.24, 2.45) is 0 Å². The molecular weight excluding hydrogens is 337 g/mol. The molecule has 0 aliphatic carbocycles. The van der Waals surface area contributed by atoms with Crippen molar-refractivity contribution in [2.45, 2.75) is 6.54 Å². The van der Waals surface area contributed by atoms with Crippen molar-refractivity contribution in [3.8, 4) is 0 Å². The number of hydrogen-bond donors (Lipinski definition) is 0. The van der Waals surface area contributed by atoms with E-state index >= 15 is 0 Å². The average molecular weight is 349 g/mol. The van der Waals surface area contributed by atoms with Crippen LogP contribution in [0.2, 0.25) is 0 Å². The van der Waals surface area contributed by atoms with Crippen LogP contribution < -0.4 is 0 Å². The van der Waals surface area contributed by atoms with E-state index in [9.17, 15) is 4.79 Å². The van der Waals surface area contributed by atoms with E-state index in [1.165, 1.54) is 4.57 Å². The predicted octanol–water partition coefficient (Wildman–Crippen LogP) is 3.98. The number of para-hydroxylation sites is 1. The number of aromatic nitrogens is 1. The van der Waals surface area contributed by atoms with Crippen molar-refractivity contribution < 1.29 is 24.3 Å². The van der Waals surface area contributed by atoms with Crippen LogP contribution >= 0.6 is 0 Å². The largest absolute Gasteiger partial charge is 2.00 e. The van der Waals surface area contributed by atoms with Crippen LogP contribution in [0.25, 0.3) is 16.2 Å². The van der Waals surface area contributed by atoms with E-state index in [2.05, 4.69) is 11.5 Å². The molecule has 0 bridgehead atoms. The summed E-state index contributed by atoms with van der Waals surface area (Å²) in [5.41, 5.74) is 1.86. The van der Waals surface area contributed by atoms with Gasteiger partial charge >= 0.3 is 19.5 Å². The molecule has 20 heavy (non-hydrogen) atoms. The zero-order valence-corrected chi connectivity index (χ0v) is 12.4. The van der Waals surface area contributed by atoms with Crippen LogP contribution in [0.4, 0.5) is 4.79 Å². The van der Waals surface area contributed by atoms with Gasteiger partial charge in [-0.25, -0.2) is 0 Å². The SMILES string of the molecule is O=C([N-]Cc1ccccc1)n1[c-]cc2ccccc21.[Ru+2]. The van der Waals surface area contributed by atoms with Crippen molar-refractivity contribution >= 4 is 16.9 Å². The molecule has 1 heterocycles. The average Bonchev–Trinajstić information content (AvgIpc) is 2.90. The fraction of sp³-hybridized carbons (Fsp3) is 0.0625. The second-order valence-electron chi connectivity index (χ2n) is 4.25. The smallest absolute Gasteiger partial charge is 0.513 e. The number of rotatable bonds is 2. The van der Waals surface area contributed by atoms with Gasteiger partial charge in [-0.05, 0) is 12.1 Å². The van der Waals surface area contributed by atoms with Gasteiger partial charge in [0.25, 0.3) is 0 Å². The summed E-state index contributed by atoms with van der Waals surface area (Å²) in [7, 11) is 0. The summed E-state index contributed by atoms with van der Waals surface area (Å²) in [4.78, 5) is 12.1. The van der Waals surface area contributed by atoms with Gasteiger partial charge in [0, 0.05) is 0 Å². The second-order valence-corrected chi connectivity index (χ2v) is 4.25. The molecule has 0 spiro atoms. The molecule has 0 saturated carbocycles. The number of hydrogen-bond acceptors (Lipinski definition) is 1. The van der Waals surface area contributed by atoms with Crippen molar-refractivity contribution in [3.63, 3.8) is 0 Å². The first-order valence-electron chi connectivity index (χ1n) is 6.08. The Morgan fingerprint density at radius 2 is 1.75 bits per heavy atom. The third kappa shape index (κ3) is 2.97. The first-order chi connectivity index (χ1) is 9.34. The van der Waals surface area contributed by atoms with E-state index in [4.69, 9.17) is 0 Å². The van der Waals surface area contributed by atoms with Gasteiger partial charge in [-0.2, -0.15) is 17.8 Å². The van der Waals surface area contributed by atoms with Gasteiger partial charge in [-0.3, -0.25) is 0 Å². The molecule has 0 N–H and O–H groups in total. The van der Waals surface area contributed by atoms with E-state index in [1.807, 2.05) is 54.6 Å². The molecule has 0 radical (unpaired) electrons. The minimum atomic E-state index is -0.287. The molecule has 0 unspecified atom stereocenters. The normalized spacial score (nSPS) is 10.0. The Labute approximate surface area is 130 Å². The second kappa shape index (κ2) is 6.49. The van der Waals surface area contributed by atoms with Crippen molar-refractivity contribution in [2.75, 3.05) is 0 Å². The van der Waals surface area contributed by atoms with Gasteiger partial charge in [0.2, 0.25) is 0 Å². The number of fused-ring (bicyclic) bond motifs is 1. The molecule has 1 aromatic heterocycles. The van der Waals surface area contributed by atoms with Crippen LogP contribution in [0.15, 0.2) is 60.7 Å². The fourth-order valence-electron chi connectivity index (χ4n) is 1.99. The quantitative estimate of drug-likeness (QED) is 0.509. The molecule has 1 amide bonds. The van der Waals surface area contributed by atoms with Gasteiger partial charge in [-0.1, -0.05) is 42.5 Å². The Balaban J connectivity index is 0.00000147. The van der Waals surface area contributed by atoms with Crippen molar-refractivity contribution in [1.29, 1.82) is 0 Å². The summed E-state index contributed by atoms with van der Waals surface area (Å²) < 4.78 is 1.46. The van der Waals surface area contributed by atoms with Crippen LogP contribution in [0.1, 0.15) is 5.56 Å². The summed E-state index contributed by atoms with van der Waals surface area (Å²) in [5, 5.41) is 5.07. The molecule has 100 valence electrons. The standard InChI is InChI=1S/C16H13N2O.Ru/c19-16(17-12-13-6-2-1-3-7-13)18-11-10-14-8-4-5-9-15(14)18;/h1-10H,12H2,(H,17,19);/q-1;+2/p-1. The van der Waals surface area contributed by atoms with Gasteiger partial charge < -0.3 is 14.7 Å². The molecule has 0 fully saturated rings. The fourth-order valence-corrected chi connectivity index (χ4v) is 1.99. The van der Waals surface area contributed by atoms with E-state index in [1.54, 1.807) is 6.07 Å². The van der Waals surface area contributed by atoms with Crippen molar-refractivity contribution in [1.82, 2.24) is 4.57 Å². The number of benzene rings is 2. The van der Waals surface area contributed by atoms with E-state index < -0.39 is 0 Å². The molecule has 3 aromatic rings. The van der Waals surface area contributed by atoms with Crippen molar-refractivity contribution in [3.05, 3.63) is 77.7 Å². The van der Waals surface area contributed by atoms with Crippen LogP contribution in [0.3, 0.4) is 0 Å². The molecule has 3 rings (SSSR count). The molecule has 0 aliphatic rings. The van der Waals surface area contributed by atoms with Crippen LogP contribution in [0.5, 0.6) is 0 Å². The van der Waals surface area contributed by atoms with Crippen LogP contribution in [-0.4, -0.2) is 10.6 Å². The molecule has 3 nitrogen and oxygen atoms in total. The molecule has 0 aliphatic heterocycles. The maximum Gasteiger partial charge on any atom is 2.00 e. The number of amides is 1. The zero-order valence-electron chi connectivity index (χ0n) is 10.6. The van der Waals surface area contributed by atoms with Gasteiger partial charge in [0.1, 0.15) is 0 Å². The van der Waals surface area contributed by atoms with E-state index in [-0.39, 0.29) is 25.5 Å². The maximum atomic E-state index is 12.1. The molecular formula is C16H12N2ORu. The topological polar surface area (TPSA) is 36.1 Å². The van der Waals surface area contributed by atoms with Crippen LogP contribution in [0, 0.1) is 6.20 Å². The third-order valence-electron chi connectivity index (χ3n) is 2.96. The van der Waals surface area contributed by atoms with Crippen LogP contribution in [-0.2, 0) is 26.0 Å². The van der Waals surface area contributed by atoms with E-state index in [0.29, 0.717) is 6.54 Å². The third-order valence-corrected chi connectivity index (χ3v) is 2.96. The summed E-state index contributed by atoms with van der Waals surface area (Å²) in [5.74, 6) is 0. The summed E-state index contributed by atoms with van der Waals surface area (Å²) in [6.07, 6.45) is 2.92. The van der Waals surface area contributed by atoms with Gasteiger partial charge in [0.05, 0.1) is 6.03 Å². The maximum absolute atomic E-state index is 12.1. The van der Waals surface area contributed by atoms with E-state index in [0.717, 1.165) is 16.5 Å². The molecule has 0 atom stereocenters. The molecule has 2 aromatic carbocycles. The molecule has 0 saturated heterocycles. The summed E-state index contributed by atoms with van der Waals surface area (Å²) in [6, 6.07) is 18.9. The number of carbonyl (C=O) groups is 1. The number of carbonyl (C=O) groups excluding carboxylic acids is 1. The Hall–Kier alpha value is -1.93. The Bertz CT molecular complexity index is 707. The number of nitrogens with zero attached hydrogens (tertiary/aromatic N) is 2. The predicted molar refractivity (Wildman–Crippen MR) is 75.1 cm³/mol. The Kier molecular flexibility index (Phi) is 4.70. The minimum absolute atomic E-state index is 0. The first kappa shape index (κ1) is 14.5.